The molecule has 0 aromatic carbocycles. The Bertz CT molecular complexity index is 516. The van der Waals surface area contributed by atoms with E-state index in [1.807, 2.05) is 24.3 Å². The van der Waals surface area contributed by atoms with Gasteiger partial charge in [0.25, 0.3) is 0 Å². The molecule has 0 aliphatic rings. The van der Waals surface area contributed by atoms with Gasteiger partial charge in [-0.2, -0.15) is 5.26 Å². The van der Waals surface area contributed by atoms with Crippen molar-refractivity contribution in [2.45, 2.75) is 13.1 Å². The topological polar surface area (TPSA) is 61.6 Å². The summed E-state index contributed by atoms with van der Waals surface area (Å²) in [4.78, 5) is 7.97. The van der Waals surface area contributed by atoms with Gasteiger partial charge >= 0.3 is 0 Å². The van der Waals surface area contributed by atoms with Gasteiger partial charge in [-0.25, -0.2) is 4.98 Å². The van der Waals surface area contributed by atoms with Crippen molar-refractivity contribution >= 4 is 0 Å². The summed E-state index contributed by atoms with van der Waals surface area (Å²) in [6.07, 6.45) is 5.16. The molecule has 2 aromatic rings. The number of nitrogens with one attached hydrogen (secondary N) is 1. The normalized spacial score (nSPS) is 9.82. The highest BCUT2D eigenvalue weighted by atomic mass is 14.9. The summed E-state index contributed by atoms with van der Waals surface area (Å²) in [6, 6.07) is 9.75. The van der Waals surface area contributed by atoms with Gasteiger partial charge in [-0.05, 0) is 23.8 Å². The van der Waals surface area contributed by atoms with E-state index in [-0.39, 0.29) is 0 Å². The van der Waals surface area contributed by atoms with Crippen LogP contribution in [0.3, 0.4) is 0 Å². The maximum absolute atomic E-state index is 8.89. The molecule has 0 amide bonds. The van der Waals surface area contributed by atoms with Crippen molar-refractivity contribution in [3.8, 4) is 6.07 Å². The van der Waals surface area contributed by atoms with Crippen molar-refractivity contribution < 1.29 is 0 Å². The fourth-order valence-electron chi connectivity index (χ4n) is 1.52. The molecule has 0 saturated heterocycles. The van der Waals surface area contributed by atoms with Crippen LogP contribution >= 0.6 is 0 Å². The molecule has 0 aliphatic carbocycles. The Morgan fingerprint density at radius 1 is 1.12 bits per heavy atom. The monoisotopic (exact) mass is 224 g/mol. The first-order chi connectivity index (χ1) is 8.40. The predicted molar refractivity (Wildman–Crippen MR) is 63.7 cm³/mol. The van der Waals surface area contributed by atoms with E-state index in [1.54, 1.807) is 18.6 Å². The van der Waals surface area contributed by atoms with Gasteiger partial charge in [0, 0.05) is 37.2 Å². The summed E-state index contributed by atoms with van der Waals surface area (Å²) in [6.45, 7) is 1.39. The number of pyridine rings is 2. The van der Waals surface area contributed by atoms with E-state index >= 15 is 0 Å². The van der Waals surface area contributed by atoms with Crippen LogP contribution in [-0.4, -0.2) is 9.97 Å². The number of hydrogen-bond donors (Lipinski definition) is 1. The lowest BCUT2D eigenvalue weighted by atomic mass is 10.2. The van der Waals surface area contributed by atoms with Crippen molar-refractivity contribution in [2.75, 3.05) is 0 Å². The molecule has 2 aromatic heterocycles. The lowest BCUT2D eigenvalue weighted by Gasteiger charge is -2.05. The van der Waals surface area contributed by atoms with Crippen molar-refractivity contribution in [3.05, 3.63) is 59.7 Å². The third kappa shape index (κ3) is 3.10. The summed E-state index contributed by atoms with van der Waals surface area (Å²) in [5.74, 6) is 0. The van der Waals surface area contributed by atoms with Crippen LogP contribution in [0.5, 0.6) is 0 Å². The van der Waals surface area contributed by atoms with E-state index < -0.39 is 0 Å². The number of hydrogen-bond acceptors (Lipinski definition) is 4. The molecule has 17 heavy (non-hydrogen) atoms. The average Bonchev–Trinajstić information content (AvgIpc) is 2.40. The minimum absolute atomic E-state index is 0.481. The first-order valence-corrected chi connectivity index (χ1v) is 5.34. The van der Waals surface area contributed by atoms with Gasteiger partial charge in [-0.1, -0.05) is 6.07 Å². The molecule has 2 rings (SSSR count). The lowest BCUT2D eigenvalue weighted by Crippen LogP contribution is -2.13. The summed E-state index contributed by atoms with van der Waals surface area (Å²) in [5, 5.41) is 12.2. The molecule has 0 radical (unpaired) electrons. The Morgan fingerprint density at radius 2 is 1.94 bits per heavy atom. The molecule has 2 heterocycles. The predicted octanol–water partition coefficient (Wildman–Crippen LogP) is 1.64. The van der Waals surface area contributed by atoms with Gasteiger partial charge in [-0.3, -0.25) is 4.98 Å². The maximum atomic E-state index is 8.89. The second-order valence-corrected chi connectivity index (χ2v) is 3.58. The Balaban J connectivity index is 1.93. The SMILES string of the molecule is N#Cc1ncccc1CNCc1ccncc1. The molecular formula is C13H12N4. The number of rotatable bonds is 4. The standard InChI is InChI=1S/C13H12N4/c14-8-13-12(2-1-5-17-13)10-16-9-11-3-6-15-7-4-11/h1-7,16H,9-10H2. The van der Waals surface area contributed by atoms with Crippen LogP contribution in [0.4, 0.5) is 0 Å². The van der Waals surface area contributed by atoms with Gasteiger partial charge in [0.05, 0.1) is 0 Å². The van der Waals surface area contributed by atoms with E-state index in [0.29, 0.717) is 12.2 Å². The Kier molecular flexibility index (Phi) is 3.79. The fraction of sp³-hybridized carbons (Fsp3) is 0.154. The van der Waals surface area contributed by atoms with Crippen LogP contribution in [0.15, 0.2) is 42.9 Å². The molecule has 0 fully saturated rings. The molecule has 0 bridgehead atoms. The third-order valence-electron chi connectivity index (χ3n) is 2.39. The fourth-order valence-corrected chi connectivity index (χ4v) is 1.52. The highest BCUT2D eigenvalue weighted by molar-refractivity contribution is 5.30. The highest BCUT2D eigenvalue weighted by Gasteiger charge is 2.01. The van der Waals surface area contributed by atoms with Crippen molar-refractivity contribution in [1.29, 1.82) is 5.26 Å². The van der Waals surface area contributed by atoms with E-state index in [4.69, 9.17) is 5.26 Å². The first-order valence-electron chi connectivity index (χ1n) is 5.34. The average molecular weight is 224 g/mol. The summed E-state index contributed by atoms with van der Waals surface area (Å²) in [5.41, 5.74) is 2.57. The summed E-state index contributed by atoms with van der Waals surface area (Å²) >= 11 is 0. The van der Waals surface area contributed by atoms with Gasteiger partial charge in [0.2, 0.25) is 0 Å². The van der Waals surface area contributed by atoms with E-state index in [9.17, 15) is 0 Å². The number of nitriles is 1. The Hall–Kier alpha value is -2.25. The van der Waals surface area contributed by atoms with Crippen LogP contribution in [0.25, 0.3) is 0 Å². The molecular weight excluding hydrogens is 212 g/mol. The lowest BCUT2D eigenvalue weighted by molar-refractivity contribution is 0.689. The third-order valence-corrected chi connectivity index (χ3v) is 2.39. The molecule has 0 unspecified atom stereocenters. The molecule has 0 spiro atoms. The number of nitrogens with zero attached hydrogens (tertiary/aromatic N) is 3. The molecule has 0 saturated carbocycles. The van der Waals surface area contributed by atoms with Gasteiger partial charge in [-0.15, -0.1) is 0 Å². The molecule has 84 valence electrons. The van der Waals surface area contributed by atoms with E-state index in [1.165, 1.54) is 5.56 Å². The van der Waals surface area contributed by atoms with E-state index in [2.05, 4.69) is 21.4 Å². The quantitative estimate of drug-likeness (QED) is 0.857. The van der Waals surface area contributed by atoms with Gasteiger partial charge < -0.3 is 5.32 Å². The van der Waals surface area contributed by atoms with E-state index in [0.717, 1.165) is 12.1 Å². The molecule has 1 N–H and O–H groups in total. The van der Waals surface area contributed by atoms with Crippen LogP contribution in [0.2, 0.25) is 0 Å². The zero-order chi connectivity index (χ0) is 11.9. The van der Waals surface area contributed by atoms with Gasteiger partial charge in [0.1, 0.15) is 11.8 Å². The minimum atomic E-state index is 0.481. The second-order valence-electron chi connectivity index (χ2n) is 3.58. The Morgan fingerprint density at radius 3 is 2.71 bits per heavy atom. The summed E-state index contributed by atoms with van der Waals surface area (Å²) < 4.78 is 0. The largest absolute Gasteiger partial charge is 0.309 e. The van der Waals surface area contributed by atoms with Crippen LogP contribution in [0.1, 0.15) is 16.8 Å². The number of aromatic nitrogens is 2. The van der Waals surface area contributed by atoms with Crippen LogP contribution < -0.4 is 5.32 Å². The second kappa shape index (κ2) is 5.73. The minimum Gasteiger partial charge on any atom is -0.309 e. The molecule has 4 nitrogen and oxygen atoms in total. The smallest absolute Gasteiger partial charge is 0.144 e. The highest BCUT2D eigenvalue weighted by Crippen LogP contribution is 2.04. The zero-order valence-corrected chi connectivity index (χ0v) is 9.30. The van der Waals surface area contributed by atoms with Crippen LogP contribution in [0, 0.1) is 11.3 Å². The Labute approximate surface area is 100.0 Å². The molecule has 4 heteroatoms. The molecule has 0 aliphatic heterocycles. The maximum Gasteiger partial charge on any atom is 0.144 e. The van der Waals surface area contributed by atoms with Crippen molar-refractivity contribution in [1.82, 2.24) is 15.3 Å². The van der Waals surface area contributed by atoms with Crippen LogP contribution in [-0.2, 0) is 13.1 Å². The van der Waals surface area contributed by atoms with Gasteiger partial charge in [0.15, 0.2) is 0 Å². The first kappa shape index (κ1) is 11.2. The molecule has 0 atom stereocenters. The van der Waals surface area contributed by atoms with Crippen molar-refractivity contribution in [2.24, 2.45) is 0 Å². The zero-order valence-electron chi connectivity index (χ0n) is 9.30. The van der Waals surface area contributed by atoms with Crippen molar-refractivity contribution in [3.63, 3.8) is 0 Å². The summed E-state index contributed by atoms with van der Waals surface area (Å²) in [7, 11) is 0.